The van der Waals surface area contributed by atoms with Gasteiger partial charge in [-0.25, -0.2) is 0 Å². The summed E-state index contributed by atoms with van der Waals surface area (Å²) in [5, 5.41) is 0. The van der Waals surface area contributed by atoms with Crippen molar-refractivity contribution in [3.05, 3.63) is 28.8 Å². The van der Waals surface area contributed by atoms with Crippen molar-refractivity contribution in [3.63, 3.8) is 0 Å². The van der Waals surface area contributed by atoms with Crippen LogP contribution in [0.2, 0.25) is 0 Å². The van der Waals surface area contributed by atoms with Crippen molar-refractivity contribution >= 4 is 5.69 Å². The minimum atomic E-state index is -4.42. The van der Waals surface area contributed by atoms with Gasteiger partial charge < -0.3 is 11.5 Å². The van der Waals surface area contributed by atoms with Crippen molar-refractivity contribution in [2.45, 2.75) is 26.1 Å². The number of nitrogens with two attached hydrogens (primary N) is 2. The van der Waals surface area contributed by atoms with Gasteiger partial charge in [0.2, 0.25) is 0 Å². The first-order valence-electron chi connectivity index (χ1n) is 4.42. The highest BCUT2D eigenvalue weighted by Gasteiger charge is 2.38. The Hall–Kier alpha value is -1.23. The van der Waals surface area contributed by atoms with E-state index in [1.165, 1.54) is 12.1 Å². The molecule has 0 spiro atoms. The molecule has 0 saturated carbocycles. The van der Waals surface area contributed by atoms with Crippen LogP contribution in [-0.2, 0) is 0 Å². The second kappa shape index (κ2) is 3.73. The number of rotatable bonds is 1. The van der Waals surface area contributed by atoms with E-state index in [-0.39, 0.29) is 5.56 Å². The van der Waals surface area contributed by atoms with Crippen LogP contribution in [-0.4, -0.2) is 6.18 Å². The molecule has 0 bridgehead atoms. The molecular formula is C10H13F3N2. The van der Waals surface area contributed by atoms with E-state index in [2.05, 4.69) is 0 Å². The lowest BCUT2D eigenvalue weighted by Gasteiger charge is -2.18. The summed E-state index contributed by atoms with van der Waals surface area (Å²) in [6.45, 7) is 3.32. The van der Waals surface area contributed by atoms with Gasteiger partial charge in [0.1, 0.15) is 6.04 Å². The molecule has 0 aliphatic heterocycles. The van der Waals surface area contributed by atoms with Crippen LogP contribution in [0.1, 0.15) is 22.7 Å². The SMILES string of the molecule is Cc1cc([C@@H](N)C(F)(F)F)cc(C)c1N. The second-order valence-corrected chi connectivity index (χ2v) is 3.59. The van der Waals surface area contributed by atoms with Gasteiger partial charge in [-0.2, -0.15) is 13.2 Å². The molecule has 0 saturated heterocycles. The standard InChI is InChI=1S/C10H13F3N2/c1-5-3-7(4-6(2)8(5)14)9(15)10(11,12)13/h3-4,9H,14-15H2,1-2H3/t9-/m1/s1. The Morgan fingerprint density at radius 1 is 1.13 bits per heavy atom. The predicted octanol–water partition coefficient (Wildman–Crippen LogP) is 2.45. The number of nitrogen functional groups attached to an aromatic ring is 1. The van der Waals surface area contributed by atoms with E-state index in [1.54, 1.807) is 13.8 Å². The molecule has 15 heavy (non-hydrogen) atoms. The zero-order valence-corrected chi connectivity index (χ0v) is 8.52. The third kappa shape index (κ3) is 2.41. The normalized spacial score (nSPS) is 14.0. The van der Waals surface area contributed by atoms with Crippen LogP contribution in [0.3, 0.4) is 0 Å². The Labute approximate surface area is 86.1 Å². The molecule has 0 radical (unpaired) electrons. The lowest BCUT2D eigenvalue weighted by molar-refractivity contribution is -0.149. The van der Waals surface area contributed by atoms with Crippen molar-refractivity contribution in [1.82, 2.24) is 0 Å². The molecule has 1 rings (SSSR count). The molecule has 4 N–H and O–H groups in total. The maximum absolute atomic E-state index is 12.3. The first-order valence-corrected chi connectivity index (χ1v) is 4.42. The topological polar surface area (TPSA) is 52.0 Å². The second-order valence-electron chi connectivity index (χ2n) is 3.59. The van der Waals surface area contributed by atoms with Gasteiger partial charge in [0.05, 0.1) is 0 Å². The van der Waals surface area contributed by atoms with Gasteiger partial charge in [0, 0.05) is 5.69 Å². The number of alkyl halides is 3. The van der Waals surface area contributed by atoms with Gasteiger partial charge in [-0.15, -0.1) is 0 Å². The summed E-state index contributed by atoms with van der Waals surface area (Å²) < 4.78 is 37.0. The number of aryl methyl sites for hydroxylation is 2. The zero-order chi connectivity index (χ0) is 11.8. The maximum atomic E-state index is 12.3. The smallest absolute Gasteiger partial charge is 0.398 e. The van der Waals surface area contributed by atoms with E-state index in [1.807, 2.05) is 0 Å². The molecular weight excluding hydrogens is 205 g/mol. The van der Waals surface area contributed by atoms with Crippen molar-refractivity contribution in [1.29, 1.82) is 0 Å². The molecule has 0 heterocycles. The van der Waals surface area contributed by atoms with E-state index >= 15 is 0 Å². The van der Waals surface area contributed by atoms with Crippen molar-refractivity contribution < 1.29 is 13.2 Å². The first-order chi connectivity index (χ1) is 6.73. The van der Waals surface area contributed by atoms with Crippen LogP contribution in [0.5, 0.6) is 0 Å². The van der Waals surface area contributed by atoms with Crippen LogP contribution in [0.25, 0.3) is 0 Å². The number of hydrogen-bond donors (Lipinski definition) is 2. The molecule has 0 fully saturated rings. The molecule has 1 aromatic carbocycles. The predicted molar refractivity (Wildman–Crippen MR) is 53.3 cm³/mol. The van der Waals surface area contributed by atoms with Crippen LogP contribution in [0.4, 0.5) is 18.9 Å². The molecule has 2 nitrogen and oxygen atoms in total. The summed E-state index contributed by atoms with van der Waals surface area (Å²) in [7, 11) is 0. The summed E-state index contributed by atoms with van der Waals surface area (Å²) in [5.41, 5.74) is 12.5. The molecule has 5 heteroatoms. The average molecular weight is 218 g/mol. The van der Waals surface area contributed by atoms with Gasteiger partial charge >= 0.3 is 6.18 Å². The molecule has 0 aliphatic carbocycles. The number of halogens is 3. The van der Waals surface area contributed by atoms with Gasteiger partial charge in [-0.1, -0.05) is 12.1 Å². The van der Waals surface area contributed by atoms with Gasteiger partial charge in [0.25, 0.3) is 0 Å². The minimum Gasteiger partial charge on any atom is -0.398 e. The molecule has 1 atom stereocenters. The minimum absolute atomic E-state index is 0.0479. The lowest BCUT2D eigenvalue weighted by Crippen LogP contribution is -2.28. The number of benzene rings is 1. The van der Waals surface area contributed by atoms with Crippen molar-refractivity contribution in [3.8, 4) is 0 Å². The van der Waals surface area contributed by atoms with E-state index < -0.39 is 12.2 Å². The largest absolute Gasteiger partial charge is 0.407 e. The fraction of sp³-hybridized carbons (Fsp3) is 0.400. The third-order valence-electron chi connectivity index (χ3n) is 2.33. The highest BCUT2D eigenvalue weighted by atomic mass is 19.4. The van der Waals surface area contributed by atoms with Crippen LogP contribution in [0, 0.1) is 13.8 Å². The van der Waals surface area contributed by atoms with E-state index in [9.17, 15) is 13.2 Å². The average Bonchev–Trinajstić information content (AvgIpc) is 2.10. The Morgan fingerprint density at radius 3 is 1.87 bits per heavy atom. The summed E-state index contributed by atoms with van der Waals surface area (Å²) in [4.78, 5) is 0. The number of hydrogen-bond acceptors (Lipinski definition) is 2. The molecule has 1 aromatic rings. The summed E-state index contributed by atoms with van der Waals surface area (Å²) >= 11 is 0. The fourth-order valence-electron chi connectivity index (χ4n) is 1.38. The molecule has 0 aromatic heterocycles. The van der Waals surface area contributed by atoms with Crippen LogP contribution in [0.15, 0.2) is 12.1 Å². The zero-order valence-electron chi connectivity index (χ0n) is 8.52. The highest BCUT2D eigenvalue weighted by molar-refractivity contribution is 5.54. The lowest BCUT2D eigenvalue weighted by atomic mass is 10.00. The van der Waals surface area contributed by atoms with Crippen molar-refractivity contribution in [2.24, 2.45) is 5.73 Å². The monoisotopic (exact) mass is 218 g/mol. The fourth-order valence-corrected chi connectivity index (χ4v) is 1.38. The quantitative estimate of drug-likeness (QED) is 0.711. The molecule has 84 valence electrons. The Bertz CT molecular complexity index is 348. The van der Waals surface area contributed by atoms with E-state index in [0.29, 0.717) is 16.8 Å². The van der Waals surface area contributed by atoms with Gasteiger partial charge in [0.15, 0.2) is 0 Å². The number of anilines is 1. The van der Waals surface area contributed by atoms with Gasteiger partial charge in [-0.05, 0) is 30.5 Å². The first kappa shape index (κ1) is 11.8. The van der Waals surface area contributed by atoms with E-state index in [4.69, 9.17) is 11.5 Å². The van der Waals surface area contributed by atoms with Crippen molar-refractivity contribution in [2.75, 3.05) is 5.73 Å². The maximum Gasteiger partial charge on any atom is 0.407 e. The Balaban J connectivity index is 3.17. The molecule has 0 unspecified atom stereocenters. The van der Waals surface area contributed by atoms with E-state index in [0.717, 1.165) is 0 Å². The summed E-state index contributed by atoms with van der Waals surface area (Å²) in [6, 6.07) is 0.802. The summed E-state index contributed by atoms with van der Waals surface area (Å²) in [6.07, 6.45) is -4.42. The molecule has 0 amide bonds. The van der Waals surface area contributed by atoms with Gasteiger partial charge in [-0.3, -0.25) is 0 Å². The Morgan fingerprint density at radius 2 is 1.53 bits per heavy atom. The van der Waals surface area contributed by atoms with Crippen LogP contribution >= 0.6 is 0 Å². The highest BCUT2D eigenvalue weighted by Crippen LogP contribution is 2.32. The summed E-state index contributed by atoms with van der Waals surface area (Å²) in [5.74, 6) is 0. The third-order valence-corrected chi connectivity index (χ3v) is 2.33. The Kier molecular flexibility index (Phi) is 2.95. The van der Waals surface area contributed by atoms with Crippen LogP contribution < -0.4 is 11.5 Å². The molecule has 0 aliphatic rings.